The SMILES string of the molecule is Cn1nccc1C1CCNc2cc(F)ccc21. The van der Waals surface area contributed by atoms with Crippen LogP contribution in [0.4, 0.5) is 10.1 Å². The molecule has 0 saturated heterocycles. The summed E-state index contributed by atoms with van der Waals surface area (Å²) in [5.41, 5.74) is 3.24. The molecule has 0 amide bonds. The minimum absolute atomic E-state index is 0.193. The second kappa shape index (κ2) is 3.87. The third kappa shape index (κ3) is 1.69. The molecule has 2 aromatic rings. The van der Waals surface area contributed by atoms with Gasteiger partial charge in [0.15, 0.2) is 0 Å². The van der Waals surface area contributed by atoms with E-state index in [1.165, 1.54) is 11.8 Å². The first kappa shape index (κ1) is 10.3. The van der Waals surface area contributed by atoms with Gasteiger partial charge in [-0.15, -0.1) is 0 Å². The van der Waals surface area contributed by atoms with E-state index in [4.69, 9.17) is 0 Å². The molecular weight excluding hydrogens is 217 g/mol. The molecule has 17 heavy (non-hydrogen) atoms. The number of rotatable bonds is 1. The van der Waals surface area contributed by atoms with E-state index in [0.717, 1.165) is 24.2 Å². The first-order valence-corrected chi connectivity index (χ1v) is 5.77. The number of nitrogens with one attached hydrogen (secondary N) is 1. The Hall–Kier alpha value is -1.84. The zero-order valence-electron chi connectivity index (χ0n) is 9.65. The molecule has 0 fully saturated rings. The molecule has 1 aromatic carbocycles. The number of hydrogen-bond donors (Lipinski definition) is 1. The van der Waals surface area contributed by atoms with Gasteiger partial charge in [0, 0.05) is 37.1 Å². The molecule has 0 saturated carbocycles. The third-order valence-electron chi connectivity index (χ3n) is 3.36. The van der Waals surface area contributed by atoms with E-state index in [2.05, 4.69) is 10.4 Å². The van der Waals surface area contributed by atoms with Crippen LogP contribution in [0, 0.1) is 5.82 Å². The lowest BCUT2D eigenvalue weighted by molar-refractivity contribution is 0.611. The lowest BCUT2D eigenvalue weighted by Crippen LogP contribution is -2.19. The highest BCUT2D eigenvalue weighted by Gasteiger charge is 2.23. The van der Waals surface area contributed by atoms with Crippen LogP contribution in [-0.4, -0.2) is 16.3 Å². The second-order valence-corrected chi connectivity index (χ2v) is 4.38. The van der Waals surface area contributed by atoms with E-state index in [0.29, 0.717) is 5.92 Å². The summed E-state index contributed by atoms with van der Waals surface area (Å²) in [6, 6.07) is 6.99. The predicted octanol–water partition coefficient (Wildman–Crippen LogP) is 2.51. The maximum atomic E-state index is 13.2. The van der Waals surface area contributed by atoms with E-state index in [-0.39, 0.29) is 5.82 Å². The normalized spacial score (nSPS) is 18.6. The summed E-state index contributed by atoms with van der Waals surface area (Å²) in [7, 11) is 1.95. The van der Waals surface area contributed by atoms with Crippen LogP contribution in [0.5, 0.6) is 0 Å². The van der Waals surface area contributed by atoms with Crippen LogP contribution in [0.2, 0.25) is 0 Å². The number of benzene rings is 1. The first-order chi connectivity index (χ1) is 8.25. The summed E-state index contributed by atoms with van der Waals surface area (Å²) in [6.07, 6.45) is 2.82. The lowest BCUT2D eigenvalue weighted by atomic mass is 9.88. The Kier molecular flexibility index (Phi) is 2.35. The van der Waals surface area contributed by atoms with Gasteiger partial charge in [0.1, 0.15) is 5.82 Å². The van der Waals surface area contributed by atoms with Crippen molar-refractivity contribution >= 4 is 5.69 Å². The van der Waals surface area contributed by atoms with Crippen LogP contribution in [0.25, 0.3) is 0 Å². The molecule has 1 aromatic heterocycles. The highest BCUT2D eigenvalue weighted by Crippen LogP contribution is 2.36. The van der Waals surface area contributed by atoms with Gasteiger partial charge in [-0.1, -0.05) is 6.07 Å². The van der Waals surface area contributed by atoms with Crippen LogP contribution in [-0.2, 0) is 7.05 Å². The standard InChI is InChI=1S/C13H14FN3/c1-17-13(5-7-16-17)11-4-6-15-12-8-9(14)2-3-10(11)12/h2-3,5,7-8,11,15H,4,6H2,1H3. The van der Waals surface area contributed by atoms with Crippen molar-refractivity contribution in [2.75, 3.05) is 11.9 Å². The molecular formula is C13H14FN3. The fraction of sp³-hybridized carbons (Fsp3) is 0.308. The average molecular weight is 231 g/mol. The van der Waals surface area contributed by atoms with Gasteiger partial charge in [-0.2, -0.15) is 5.10 Å². The van der Waals surface area contributed by atoms with Gasteiger partial charge in [0.25, 0.3) is 0 Å². The number of aromatic nitrogens is 2. The molecule has 1 aliphatic rings. The van der Waals surface area contributed by atoms with Crippen LogP contribution >= 0.6 is 0 Å². The molecule has 3 nitrogen and oxygen atoms in total. The molecule has 0 aliphatic carbocycles. The van der Waals surface area contributed by atoms with Crippen molar-refractivity contribution < 1.29 is 4.39 Å². The highest BCUT2D eigenvalue weighted by molar-refractivity contribution is 5.57. The van der Waals surface area contributed by atoms with Crippen LogP contribution in [0.3, 0.4) is 0 Å². The molecule has 88 valence electrons. The zero-order chi connectivity index (χ0) is 11.8. The maximum Gasteiger partial charge on any atom is 0.125 e. The molecule has 1 aliphatic heterocycles. The van der Waals surface area contributed by atoms with Crippen molar-refractivity contribution in [1.29, 1.82) is 0 Å². The Bertz CT molecular complexity index is 547. The molecule has 0 radical (unpaired) electrons. The van der Waals surface area contributed by atoms with Crippen LogP contribution < -0.4 is 5.32 Å². The van der Waals surface area contributed by atoms with Crippen LogP contribution in [0.1, 0.15) is 23.6 Å². The maximum absolute atomic E-state index is 13.2. The summed E-state index contributed by atoms with van der Waals surface area (Å²) in [6.45, 7) is 0.867. The van der Waals surface area contributed by atoms with Crippen molar-refractivity contribution in [3.05, 3.63) is 47.5 Å². The molecule has 0 bridgehead atoms. The van der Waals surface area contributed by atoms with Crippen molar-refractivity contribution in [2.24, 2.45) is 7.05 Å². The van der Waals surface area contributed by atoms with Crippen molar-refractivity contribution in [2.45, 2.75) is 12.3 Å². The number of anilines is 1. The Labute approximate surface area is 99.3 Å². The first-order valence-electron chi connectivity index (χ1n) is 5.77. The summed E-state index contributed by atoms with van der Waals surface area (Å²) in [5.74, 6) is 0.112. The van der Waals surface area contributed by atoms with E-state index in [9.17, 15) is 4.39 Å². The predicted molar refractivity (Wildman–Crippen MR) is 64.6 cm³/mol. The van der Waals surface area contributed by atoms with Crippen molar-refractivity contribution in [1.82, 2.24) is 9.78 Å². The highest BCUT2D eigenvalue weighted by atomic mass is 19.1. The van der Waals surface area contributed by atoms with Gasteiger partial charge in [0.2, 0.25) is 0 Å². The van der Waals surface area contributed by atoms with Gasteiger partial charge >= 0.3 is 0 Å². The zero-order valence-corrected chi connectivity index (χ0v) is 9.65. The minimum Gasteiger partial charge on any atom is -0.385 e. The van der Waals surface area contributed by atoms with Gasteiger partial charge in [-0.3, -0.25) is 4.68 Å². The number of aryl methyl sites for hydroxylation is 1. The fourth-order valence-corrected chi connectivity index (χ4v) is 2.53. The summed E-state index contributed by atoms with van der Waals surface area (Å²) in [5, 5.41) is 7.45. The molecule has 1 unspecified atom stereocenters. The number of fused-ring (bicyclic) bond motifs is 1. The largest absolute Gasteiger partial charge is 0.385 e. The van der Waals surface area contributed by atoms with E-state index >= 15 is 0 Å². The quantitative estimate of drug-likeness (QED) is 0.817. The Morgan fingerprint density at radius 2 is 2.29 bits per heavy atom. The van der Waals surface area contributed by atoms with Gasteiger partial charge in [-0.25, -0.2) is 4.39 Å². The number of hydrogen-bond acceptors (Lipinski definition) is 2. The van der Waals surface area contributed by atoms with Gasteiger partial charge in [0.05, 0.1) is 0 Å². The summed E-state index contributed by atoms with van der Waals surface area (Å²) < 4.78 is 15.1. The number of nitrogens with zero attached hydrogens (tertiary/aromatic N) is 2. The molecule has 3 rings (SSSR count). The fourth-order valence-electron chi connectivity index (χ4n) is 2.53. The van der Waals surface area contributed by atoms with Gasteiger partial charge in [-0.05, 0) is 30.2 Å². The summed E-state index contributed by atoms with van der Waals surface area (Å²) in [4.78, 5) is 0. The lowest BCUT2D eigenvalue weighted by Gasteiger charge is -2.26. The Morgan fingerprint density at radius 3 is 3.06 bits per heavy atom. The Balaban J connectivity index is 2.08. The smallest absolute Gasteiger partial charge is 0.125 e. The summed E-state index contributed by atoms with van der Waals surface area (Å²) >= 11 is 0. The molecule has 1 atom stereocenters. The van der Waals surface area contributed by atoms with Crippen molar-refractivity contribution in [3.8, 4) is 0 Å². The third-order valence-corrected chi connectivity index (χ3v) is 3.36. The monoisotopic (exact) mass is 231 g/mol. The molecule has 4 heteroatoms. The minimum atomic E-state index is -0.193. The molecule has 2 heterocycles. The van der Waals surface area contributed by atoms with Crippen molar-refractivity contribution in [3.63, 3.8) is 0 Å². The van der Waals surface area contributed by atoms with E-state index in [1.807, 2.05) is 23.9 Å². The second-order valence-electron chi connectivity index (χ2n) is 4.38. The number of halogens is 1. The van der Waals surface area contributed by atoms with Crippen LogP contribution in [0.15, 0.2) is 30.5 Å². The van der Waals surface area contributed by atoms with Gasteiger partial charge < -0.3 is 5.32 Å². The molecule has 1 N–H and O–H groups in total. The van der Waals surface area contributed by atoms with E-state index in [1.54, 1.807) is 12.3 Å². The molecule has 0 spiro atoms. The topological polar surface area (TPSA) is 29.9 Å². The van der Waals surface area contributed by atoms with E-state index < -0.39 is 0 Å². The Morgan fingerprint density at radius 1 is 1.41 bits per heavy atom. The average Bonchev–Trinajstić information content (AvgIpc) is 2.74.